The van der Waals surface area contributed by atoms with Crippen molar-refractivity contribution in [1.29, 1.82) is 0 Å². The van der Waals surface area contributed by atoms with Crippen LogP contribution in [0.15, 0.2) is 84.4 Å². The Morgan fingerprint density at radius 1 is 0.977 bits per heavy atom. The summed E-state index contributed by atoms with van der Waals surface area (Å²) in [5.74, 6) is -1.11. The van der Waals surface area contributed by atoms with Crippen molar-refractivity contribution in [2.45, 2.75) is 53.3 Å². The molecule has 44 heavy (non-hydrogen) atoms. The summed E-state index contributed by atoms with van der Waals surface area (Å²) in [4.78, 5) is 16.9. The van der Waals surface area contributed by atoms with Gasteiger partial charge in [-0.15, -0.1) is 0 Å². The third-order valence-electron chi connectivity index (χ3n) is 7.05. The van der Waals surface area contributed by atoms with Gasteiger partial charge in [0.05, 0.1) is 18.2 Å². The van der Waals surface area contributed by atoms with Crippen LogP contribution in [0.5, 0.6) is 0 Å². The standard InChI is InChI=1S/C34H38F3N5O2/c1-5-23(16-17-38-33(43)44-22-24-10-7-6-8-11-24)20-39-30(34(2,3)4)32-40-31(28-19-27(36)14-15-29(28)37)41-42(32)21-25-12-9-13-26(35)18-25/h6-16,18-19,30,39H,5,17,20-22H2,1-4H3,(H,38,43)/b23-16+/t30-/m0/s1. The number of rotatable bonds is 12. The fourth-order valence-corrected chi connectivity index (χ4v) is 4.69. The van der Waals surface area contributed by atoms with Crippen molar-refractivity contribution in [3.05, 3.63) is 119 Å². The fourth-order valence-electron chi connectivity index (χ4n) is 4.69. The van der Waals surface area contributed by atoms with E-state index in [-0.39, 0.29) is 48.4 Å². The molecule has 2 N–H and O–H groups in total. The van der Waals surface area contributed by atoms with Crippen molar-refractivity contribution in [1.82, 2.24) is 25.4 Å². The summed E-state index contributed by atoms with van der Waals surface area (Å²) in [5, 5.41) is 10.9. The molecule has 0 fully saturated rings. The molecule has 0 radical (unpaired) electrons. The Morgan fingerprint density at radius 2 is 1.70 bits per heavy atom. The van der Waals surface area contributed by atoms with Crippen LogP contribution >= 0.6 is 0 Å². The van der Waals surface area contributed by atoms with Gasteiger partial charge in [0.15, 0.2) is 5.82 Å². The first-order valence-corrected chi connectivity index (χ1v) is 14.5. The predicted molar refractivity (Wildman–Crippen MR) is 164 cm³/mol. The van der Waals surface area contributed by atoms with E-state index in [1.165, 1.54) is 12.1 Å². The van der Waals surface area contributed by atoms with Crippen molar-refractivity contribution >= 4 is 6.09 Å². The number of hydrogen-bond donors (Lipinski definition) is 2. The molecule has 0 saturated heterocycles. The highest BCUT2D eigenvalue weighted by Crippen LogP contribution is 2.34. The van der Waals surface area contributed by atoms with Crippen LogP contribution in [0.3, 0.4) is 0 Å². The van der Waals surface area contributed by atoms with E-state index in [1.54, 1.807) is 16.8 Å². The van der Waals surface area contributed by atoms with Crippen molar-refractivity contribution in [3.8, 4) is 11.4 Å². The molecule has 0 aliphatic rings. The normalized spacial score (nSPS) is 12.7. The van der Waals surface area contributed by atoms with Crippen LogP contribution in [0.1, 0.15) is 57.1 Å². The number of aromatic nitrogens is 3. The van der Waals surface area contributed by atoms with Crippen molar-refractivity contribution in [3.63, 3.8) is 0 Å². The number of halogens is 3. The van der Waals surface area contributed by atoms with Gasteiger partial charge in [0.2, 0.25) is 0 Å². The number of ether oxygens (including phenoxy) is 1. The van der Waals surface area contributed by atoms with Crippen LogP contribution in [-0.2, 0) is 17.9 Å². The number of nitrogens with one attached hydrogen (secondary N) is 2. The maximum atomic E-state index is 14.8. The van der Waals surface area contributed by atoms with Crippen LogP contribution in [0.4, 0.5) is 18.0 Å². The number of carbonyl (C=O) groups excluding carboxylic acids is 1. The molecule has 10 heteroatoms. The lowest BCUT2D eigenvalue weighted by molar-refractivity contribution is 0.140. The van der Waals surface area contributed by atoms with Gasteiger partial charge in [-0.25, -0.2) is 27.6 Å². The van der Waals surface area contributed by atoms with E-state index in [4.69, 9.17) is 9.72 Å². The van der Waals surface area contributed by atoms with Gasteiger partial charge in [-0.2, -0.15) is 5.10 Å². The van der Waals surface area contributed by atoms with Crippen molar-refractivity contribution in [2.75, 3.05) is 13.1 Å². The second-order valence-corrected chi connectivity index (χ2v) is 11.5. The van der Waals surface area contributed by atoms with E-state index in [9.17, 15) is 18.0 Å². The molecule has 232 valence electrons. The number of carbonyl (C=O) groups is 1. The zero-order chi connectivity index (χ0) is 31.7. The Hall–Kier alpha value is -4.44. The number of nitrogens with zero attached hydrogens (tertiary/aromatic N) is 3. The van der Waals surface area contributed by atoms with E-state index in [1.807, 2.05) is 64.1 Å². The van der Waals surface area contributed by atoms with Gasteiger partial charge in [-0.05, 0) is 53.3 Å². The summed E-state index contributed by atoms with van der Waals surface area (Å²) in [5.41, 5.74) is 2.14. The van der Waals surface area contributed by atoms with Gasteiger partial charge < -0.3 is 15.4 Å². The van der Waals surface area contributed by atoms with Crippen molar-refractivity contribution in [2.24, 2.45) is 5.41 Å². The second-order valence-electron chi connectivity index (χ2n) is 11.5. The molecular formula is C34H38F3N5O2. The molecule has 1 atom stereocenters. The Labute approximate surface area is 256 Å². The van der Waals surface area contributed by atoms with Gasteiger partial charge in [0.1, 0.15) is 29.9 Å². The van der Waals surface area contributed by atoms with Gasteiger partial charge in [-0.1, -0.05) is 81.8 Å². The number of benzene rings is 3. The molecule has 0 spiro atoms. The highest BCUT2D eigenvalue weighted by Gasteiger charge is 2.32. The second kappa shape index (κ2) is 14.8. The molecule has 0 saturated carbocycles. The Morgan fingerprint density at radius 3 is 2.41 bits per heavy atom. The Balaban J connectivity index is 1.53. The van der Waals surface area contributed by atoms with Gasteiger partial charge in [0, 0.05) is 13.1 Å². The summed E-state index contributed by atoms with van der Waals surface area (Å²) >= 11 is 0. The topological polar surface area (TPSA) is 81.1 Å². The zero-order valence-corrected chi connectivity index (χ0v) is 25.4. The first kappa shape index (κ1) is 32.5. The molecule has 1 amide bonds. The molecule has 0 aliphatic heterocycles. The zero-order valence-electron chi connectivity index (χ0n) is 25.4. The molecule has 4 aromatic rings. The minimum atomic E-state index is -0.646. The minimum absolute atomic E-state index is 0.0360. The molecule has 1 heterocycles. The highest BCUT2D eigenvalue weighted by atomic mass is 19.1. The third-order valence-corrected chi connectivity index (χ3v) is 7.05. The molecular weight excluding hydrogens is 567 g/mol. The van der Waals surface area contributed by atoms with Gasteiger partial charge in [-0.3, -0.25) is 0 Å². The minimum Gasteiger partial charge on any atom is -0.445 e. The molecule has 0 bridgehead atoms. The molecule has 3 aromatic carbocycles. The average Bonchev–Trinajstić information content (AvgIpc) is 3.39. The van der Waals surface area contributed by atoms with Gasteiger partial charge >= 0.3 is 6.09 Å². The Kier molecular flexibility index (Phi) is 10.9. The van der Waals surface area contributed by atoms with Crippen molar-refractivity contribution < 1.29 is 22.7 Å². The lowest BCUT2D eigenvalue weighted by atomic mass is 9.85. The van der Waals surface area contributed by atoms with E-state index in [0.29, 0.717) is 17.9 Å². The Bertz CT molecular complexity index is 1580. The lowest BCUT2D eigenvalue weighted by Gasteiger charge is -2.31. The molecule has 1 aromatic heterocycles. The molecule has 7 nitrogen and oxygen atoms in total. The SMILES string of the molecule is CC/C(=C\CNC(=O)OCc1ccccc1)CN[C@@H](c1nc(-c2cc(F)ccc2F)nn1Cc1cccc(F)c1)C(C)(C)C. The third kappa shape index (κ3) is 9.03. The molecule has 0 unspecified atom stereocenters. The van der Waals surface area contributed by atoms with Crippen LogP contribution < -0.4 is 10.6 Å². The number of alkyl carbamates (subject to hydrolysis) is 1. The largest absolute Gasteiger partial charge is 0.445 e. The van der Waals surface area contributed by atoms with Crippen LogP contribution in [-0.4, -0.2) is 33.9 Å². The first-order valence-electron chi connectivity index (χ1n) is 14.5. The maximum Gasteiger partial charge on any atom is 0.407 e. The monoisotopic (exact) mass is 605 g/mol. The van der Waals surface area contributed by atoms with E-state index < -0.39 is 17.7 Å². The van der Waals surface area contributed by atoms with Crippen LogP contribution in [0.25, 0.3) is 11.4 Å². The maximum absolute atomic E-state index is 14.8. The van der Waals surface area contributed by atoms with E-state index in [0.717, 1.165) is 35.8 Å². The first-order chi connectivity index (χ1) is 21.0. The quantitative estimate of drug-likeness (QED) is 0.165. The van der Waals surface area contributed by atoms with E-state index in [2.05, 4.69) is 15.7 Å². The van der Waals surface area contributed by atoms with Gasteiger partial charge in [0.25, 0.3) is 0 Å². The smallest absolute Gasteiger partial charge is 0.407 e. The summed E-state index contributed by atoms with van der Waals surface area (Å²) < 4.78 is 49.7. The lowest BCUT2D eigenvalue weighted by Crippen LogP contribution is -2.36. The fraction of sp³-hybridized carbons (Fsp3) is 0.324. The average molecular weight is 606 g/mol. The summed E-state index contributed by atoms with van der Waals surface area (Å²) in [6.45, 7) is 9.24. The van der Waals surface area contributed by atoms with Crippen LogP contribution in [0, 0.1) is 22.9 Å². The molecule has 4 rings (SSSR count). The predicted octanol–water partition coefficient (Wildman–Crippen LogP) is 7.35. The van der Waals surface area contributed by atoms with E-state index >= 15 is 0 Å². The summed E-state index contributed by atoms with van der Waals surface area (Å²) in [6.07, 6.45) is 2.14. The summed E-state index contributed by atoms with van der Waals surface area (Å²) in [6, 6.07) is 18.3. The summed E-state index contributed by atoms with van der Waals surface area (Å²) in [7, 11) is 0. The number of hydrogen-bond acceptors (Lipinski definition) is 5. The molecule has 0 aliphatic carbocycles. The van der Waals surface area contributed by atoms with Crippen LogP contribution in [0.2, 0.25) is 0 Å². The number of amides is 1. The highest BCUT2D eigenvalue weighted by molar-refractivity contribution is 5.67.